The van der Waals surface area contributed by atoms with Crippen molar-refractivity contribution in [3.05, 3.63) is 10.9 Å². The van der Waals surface area contributed by atoms with Crippen LogP contribution < -0.4 is 16.4 Å². The van der Waals surface area contributed by atoms with Crippen LogP contribution in [0.4, 0.5) is 10.7 Å². The van der Waals surface area contributed by atoms with E-state index in [0.29, 0.717) is 22.0 Å². The Bertz CT molecular complexity index is 489. The molecule has 0 radical (unpaired) electrons. The maximum atomic E-state index is 12.0. The van der Waals surface area contributed by atoms with E-state index in [1.54, 1.807) is 0 Å². The first kappa shape index (κ1) is 12.8. The van der Waals surface area contributed by atoms with Crippen molar-refractivity contribution < 1.29 is 4.79 Å². The first-order valence-electron chi connectivity index (χ1n) is 7.06. The highest BCUT2D eigenvalue weighted by Gasteiger charge is 2.40. The maximum Gasteiger partial charge on any atom is 0.263 e. The Morgan fingerprint density at radius 2 is 2.26 bits per heavy atom. The molecule has 2 aliphatic carbocycles. The third-order valence-corrected chi connectivity index (χ3v) is 5.33. The van der Waals surface area contributed by atoms with E-state index in [4.69, 9.17) is 5.73 Å². The van der Waals surface area contributed by atoms with Crippen molar-refractivity contribution in [3.63, 3.8) is 0 Å². The van der Waals surface area contributed by atoms with Crippen LogP contribution in [0.5, 0.6) is 0 Å². The third-order valence-electron chi connectivity index (χ3n) is 4.22. The molecule has 1 amide bonds. The van der Waals surface area contributed by atoms with E-state index in [0.717, 1.165) is 24.4 Å². The van der Waals surface area contributed by atoms with Gasteiger partial charge in [0.2, 0.25) is 0 Å². The zero-order valence-corrected chi connectivity index (χ0v) is 12.1. The Labute approximate surface area is 117 Å². The van der Waals surface area contributed by atoms with Gasteiger partial charge in [0.05, 0.1) is 10.7 Å². The number of rotatable bonds is 6. The highest BCUT2D eigenvalue weighted by atomic mass is 32.1. The molecule has 1 heterocycles. The van der Waals surface area contributed by atoms with Crippen LogP contribution >= 0.6 is 11.3 Å². The molecule has 0 aromatic carbocycles. The molecule has 3 rings (SSSR count). The number of nitrogen functional groups attached to an aromatic ring is 1. The molecule has 4 nitrogen and oxygen atoms in total. The summed E-state index contributed by atoms with van der Waals surface area (Å²) in [5.41, 5.74) is 7.02. The Kier molecular flexibility index (Phi) is 3.17. The summed E-state index contributed by atoms with van der Waals surface area (Å²) >= 11 is 1.47. The van der Waals surface area contributed by atoms with Gasteiger partial charge in [-0.1, -0.05) is 6.92 Å². The summed E-state index contributed by atoms with van der Waals surface area (Å²) in [5.74, 6) is -0.0188. The number of nitrogens with one attached hydrogen (secondary N) is 2. The van der Waals surface area contributed by atoms with Crippen LogP contribution in [0.3, 0.4) is 0 Å². The second-order valence-corrected chi connectivity index (χ2v) is 6.90. The number of amides is 1. The second-order valence-electron chi connectivity index (χ2n) is 5.85. The maximum absolute atomic E-state index is 12.0. The van der Waals surface area contributed by atoms with Crippen molar-refractivity contribution in [1.82, 2.24) is 5.32 Å². The minimum atomic E-state index is -0.0188. The number of hydrogen-bond acceptors (Lipinski definition) is 4. The van der Waals surface area contributed by atoms with Gasteiger partial charge >= 0.3 is 0 Å². The topological polar surface area (TPSA) is 67.1 Å². The van der Waals surface area contributed by atoms with Crippen LogP contribution in [0, 0.1) is 5.41 Å². The van der Waals surface area contributed by atoms with Gasteiger partial charge in [0, 0.05) is 12.6 Å². The predicted octanol–water partition coefficient (Wildman–Crippen LogP) is 2.82. The van der Waals surface area contributed by atoms with E-state index in [9.17, 15) is 4.79 Å². The fraction of sp³-hybridized carbons (Fsp3) is 0.643. The van der Waals surface area contributed by atoms with E-state index < -0.39 is 0 Å². The minimum absolute atomic E-state index is 0.0188. The van der Waals surface area contributed by atoms with Gasteiger partial charge in [0.1, 0.15) is 4.88 Å². The molecule has 19 heavy (non-hydrogen) atoms. The molecule has 0 aliphatic heterocycles. The van der Waals surface area contributed by atoms with Gasteiger partial charge in [0.25, 0.3) is 5.91 Å². The molecule has 0 unspecified atom stereocenters. The van der Waals surface area contributed by atoms with E-state index in [-0.39, 0.29) is 5.91 Å². The average Bonchev–Trinajstić information content (AvgIpc) is 3.29. The number of anilines is 2. The van der Waals surface area contributed by atoms with E-state index in [1.165, 1.54) is 30.6 Å². The number of thiophene rings is 1. The highest BCUT2D eigenvalue weighted by Crippen LogP contribution is 2.48. The monoisotopic (exact) mass is 279 g/mol. The van der Waals surface area contributed by atoms with Gasteiger partial charge in [-0.25, -0.2) is 0 Å². The lowest BCUT2D eigenvalue weighted by molar-refractivity contribution is 0.0956. The Morgan fingerprint density at radius 3 is 2.84 bits per heavy atom. The highest BCUT2D eigenvalue weighted by molar-refractivity contribution is 7.18. The molecule has 1 aromatic rings. The quantitative estimate of drug-likeness (QED) is 0.750. The van der Waals surface area contributed by atoms with Gasteiger partial charge in [-0.2, -0.15) is 0 Å². The molecule has 0 saturated heterocycles. The summed E-state index contributed by atoms with van der Waals surface area (Å²) in [5, 5.41) is 7.44. The lowest BCUT2D eigenvalue weighted by atomic mass is 10.0. The summed E-state index contributed by atoms with van der Waals surface area (Å²) in [7, 11) is 0. The third kappa shape index (κ3) is 2.86. The molecule has 2 saturated carbocycles. The fourth-order valence-electron chi connectivity index (χ4n) is 2.26. The predicted molar refractivity (Wildman–Crippen MR) is 79.7 cm³/mol. The van der Waals surface area contributed by atoms with Gasteiger partial charge in [-0.15, -0.1) is 11.3 Å². The molecule has 4 N–H and O–H groups in total. The second kappa shape index (κ2) is 4.71. The van der Waals surface area contributed by atoms with E-state index in [2.05, 4.69) is 17.6 Å². The molecule has 104 valence electrons. The normalized spacial score (nSPS) is 20.1. The van der Waals surface area contributed by atoms with E-state index in [1.807, 2.05) is 6.07 Å². The van der Waals surface area contributed by atoms with E-state index >= 15 is 0 Å². The van der Waals surface area contributed by atoms with Gasteiger partial charge < -0.3 is 16.4 Å². The molecule has 0 atom stereocenters. The van der Waals surface area contributed by atoms with Crippen molar-refractivity contribution >= 4 is 27.9 Å². The molecule has 5 heteroatoms. The zero-order chi connectivity index (χ0) is 13.5. The van der Waals surface area contributed by atoms with Crippen molar-refractivity contribution in [2.24, 2.45) is 5.41 Å². The number of carbonyl (C=O) groups is 1. The summed E-state index contributed by atoms with van der Waals surface area (Å²) in [6.07, 6.45) is 6.04. The van der Waals surface area contributed by atoms with Crippen molar-refractivity contribution in [2.45, 2.75) is 45.1 Å². The molecule has 1 aromatic heterocycles. The Balaban J connectivity index is 1.61. The molecule has 0 bridgehead atoms. The number of nitrogens with two attached hydrogens (primary N) is 1. The molecule has 2 fully saturated rings. The van der Waals surface area contributed by atoms with Crippen LogP contribution in [-0.2, 0) is 0 Å². The van der Waals surface area contributed by atoms with Crippen molar-refractivity contribution in [2.75, 3.05) is 17.6 Å². The number of carbonyl (C=O) groups excluding carboxylic acids is 1. The number of hydrogen-bond donors (Lipinski definition) is 3. The summed E-state index contributed by atoms with van der Waals surface area (Å²) in [6.45, 7) is 3.24. The van der Waals surface area contributed by atoms with Crippen LogP contribution in [0.25, 0.3) is 0 Å². The molecule has 2 aliphatic rings. The summed E-state index contributed by atoms with van der Waals surface area (Å²) < 4.78 is 0. The SMILES string of the molecule is CCC1(CNc2cc(N)c(C(=O)NC3CC3)s2)CC1. The van der Waals surface area contributed by atoms with Crippen LogP contribution in [-0.4, -0.2) is 18.5 Å². The first-order chi connectivity index (χ1) is 9.12. The summed E-state index contributed by atoms with van der Waals surface area (Å²) in [4.78, 5) is 12.6. The zero-order valence-electron chi connectivity index (χ0n) is 11.3. The van der Waals surface area contributed by atoms with Crippen LogP contribution in [0.15, 0.2) is 6.07 Å². The van der Waals surface area contributed by atoms with Gasteiger partial charge in [-0.05, 0) is 43.6 Å². The van der Waals surface area contributed by atoms with Crippen LogP contribution in [0.1, 0.15) is 48.7 Å². The standard InChI is InChI=1S/C14H21N3OS/c1-2-14(5-6-14)8-16-11-7-10(15)12(19-11)13(18)17-9-3-4-9/h7,9,16H,2-6,8,15H2,1H3,(H,17,18). The average molecular weight is 279 g/mol. The first-order valence-corrected chi connectivity index (χ1v) is 7.87. The molecular formula is C14H21N3OS. The van der Waals surface area contributed by atoms with Crippen molar-refractivity contribution in [1.29, 1.82) is 0 Å². The fourth-order valence-corrected chi connectivity index (χ4v) is 3.13. The summed E-state index contributed by atoms with van der Waals surface area (Å²) in [6, 6.07) is 2.26. The van der Waals surface area contributed by atoms with Gasteiger partial charge in [-0.3, -0.25) is 4.79 Å². The van der Waals surface area contributed by atoms with Gasteiger partial charge in [0.15, 0.2) is 0 Å². The largest absolute Gasteiger partial charge is 0.397 e. The minimum Gasteiger partial charge on any atom is -0.397 e. The molecular weight excluding hydrogens is 258 g/mol. The Morgan fingerprint density at radius 1 is 1.53 bits per heavy atom. The lowest BCUT2D eigenvalue weighted by Crippen LogP contribution is -2.25. The lowest BCUT2D eigenvalue weighted by Gasteiger charge is -2.12. The Hall–Kier alpha value is -1.23. The smallest absolute Gasteiger partial charge is 0.263 e. The van der Waals surface area contributed by atoms with Crippen LogP contribution in [0.2, 0.25) is 0 Å². The van der Waals surface area contributed by atoms with Crippen molar-refractivity contribution in [3.8, 4) is 0 Å². The molecule has 0 spiro atoms.